The van der Waals surface area contributed by atoms with Gasteiger partial charge < -0.3 is 10.1 Å². The molecule has 0 atom stereocenters. The van der Waals surface area contributed by atoms with Crippen LogP contribution in [0.3, 0.4) is 0 Å². The fraction of sp³-hybridized carbons (Fsp3) is 0.154. The van der Waals surface area contributed by atoms with E-state index >= 15 is 0 Å². The third-order valence-corrected chi connectivity index (χ3v) is 4.95. The molecule has 0 bridgehead atoms. The average Bonchev–Trinajstić information content (AvgIpc) is 2.75. The second kappa shape index (κ2) is 9.32. The van der Waals surface area contributed by atoms with Gasteiger partial charge in [-0.25, -0.2) is 0 Å². The van der Waals surface area contributed by atoms with Crippen molar-refractivity contribution in [2.24, 2.45) is 0 Å². The molecule has 2 heteroatoms. The molecule has 1 N–H and O–H groups in total. The van der Waals surface area contributed by atoms with Gasteiger partial charge >= 0.3 is 0 Å². The standard InChI is InChI=1S/C26H25NO/c1-2-8-21(9-3-1)19-28-20-26-13-7-6-12-25(26)18-27-17-22-14-15-23-10-4-5-11-24(23)16-22/h1-16,27H,17-20H2. The van der Waals surface area contributed by atoms with Crippen LogP contribution < -0.4 is 5.32 Å². The molecular weight excluding hydrogens is 342 g/mol. The van der Waals surface area contributed by atoms with Crippen LogP contribution in [0.2, 0.25) is 0 Å². The van der Waals surface area contributed by atoms with Crippen LogP contribution in [0.1, 0.15) is 22.3 Å². The minimum absolute atomic E-state index is 0.628. The number of benzene rings is 4. The summed E-state index contributed by atoms with van der Waals surface area (Å²) in [4.78, 5) is 0. The Bertz CT molecular complexity index is 1030. The van der Waals surface area contributed by atoms with E-state index in [2.05, 4.69) is 84.2 Å². The minimum Gasteiger partial charge on any atom is -0.372 e. The second-order valence-corrected chi connectivity index (χ2v) is 7.03. The Hall–Kier alpha value is -2.94. The van der Waals surface area contributed by atoms with Gasteiger partial charge in [0.05, 0.1) is 13.2 Å². The molecule has 2 nitrogen and oxygen atoms in total. The largest absolute Gasteiger partial charge is 0.372 e. The Kier molecular flexibility index (Phi) is 6.13. The van der Waals surface area contributed by atoms with Gasteiger partial charge in [0, 0.05) is 13.1 Å². The molecular formula is C26H25NO. The molecule has 0 saturated carbocycles. The molecule has 4 rings (SSSR count). The van der Waals surface area contributed by atoms with Crippen molar-refractivity contribution in [1.82, 2.24) is 5.32 Å². The molecule has 28 heavy (non-hydrogen) atoms. The third-order valence-electron chi connectivity index (χ3n) is 4.95. The second-order valence-electron chi connectivity index (χ2n) is 7.03. The predicted octanol–water partition coefficient (Wildman–Crippen LogP) is 5.85. The number of nitrogens with one attached hydrogen (secondary N) is 1. The van der Waals surface area contributed by atoms with E-state index in [1.807, 2.05) is 18.2 Å². The van der Waals surface area contributed by atoms with Gasteiger partial charge in [-0.1, -0.05) is 91.0 Å². The van der Waals surface area contributed by atoms with Crippen molar-refractivity contribution in [3.8, 4) is 0 Å². The first-order chi connectivity index (χ1) is 13.9. The van der Waals surface area contributed by atoms with E-state index < -0.39 is 0 Å². The first-order valence-corrected chi connectivity index (χ1v) is 9.75. The Morgan fingerprint density at radius 2 is 1.25 bits per heavy atom. The first kappa shape index (κ1) is 18.4. The summed E-state index contributed by atoms with van der Waals surface area (Å²) in [6.45, 7) is 2.95. The molecule has 0 radical (unpaired) electrons. The van der Waals surface area contributed by atoms with Crippen LogP contribution in [-0.4, -0.2) is 0 Å². The van der Waals surface area contributed by atoms with Crippen molar-refractivity contribution in [3.05, 3.63) is 119 Å². The van der Waals surface area contributed by atoms with E-state index in [9.17, 15) is 0 Å². The van der Waals surface area contributed by atoms with Crippen LogP contribution in [-0.2, 0) is 31.0 Å². The summed E-state index contributed by atoms with van der Waals surface area (Å²) < 4.78 is 5.93. The van der Waals surface area contributed by atoms with E-state index in [-0.39, 0.29) is 0 Å². The van der Waals surface area contributed by atoms with Crippen molar-refractivity contribution in [2.45, 2.75) is 26.3 Å². The Balaban J connectivity index is 1.33. The van der Waals surface area contributed by atoms with Crippen molar-refractivity contribution >= 4 is 10.8 Å². The lowest BCUT2D eigenvalue weighted by molar-refractivity contribution is 0.106. The maximum Gasteiger partial charge on any atom is 0.0724 e. The van der Waals surface area contributed by atoms with Gasteiger partial charge in [0.25, 0.3) is 0 Å². The number of hydrogen-bond acceptors (Lipinski definition) is 2. The molecule has 0 aliphatic heterocycles. The first-order valence-electron chi connectivity index (χ1n) is 9.75. The summed E-state index contributed by atoms with van der Waals surface area (Å²) in [6, 6.07) is 33.9. The molecule has 140 valence electrons. The van der Waals surface area contributed by atoms with Crippen LogP contribution >= 0.6 is 0 Å². The topological polar surface area (TPSA) is 21.3 Å². The number of ether oxygens (including phenoxy) is 1. The fourth-order valence-corrected chi connectivity index (χ4v) is 3.41. The van der Waals surface area contributed by atoms with Crippen LogP contribution in [0.5, 0.6) is 0 Å². The zero-order chi connectivity index (χ0) is 19.0. The highest BCUT2D eigenvalue weighted by Crippen LogP contribution is 2.16. The Labute approximate surface area is 166 Å². The van der Waals surface area contributed by atoms with Crippen LogP contribution in [0.25, 0.3) is 10.8 Å². The number of hydrogen-bond donors (Lipinski definition) is 1. The smallest absolute Gasteiger partial charge is 0.0724 e. The highest BCUT2D eigenvalue weighted by Gasteiger charge is 2.03. The number of rotatable bonds is 8. The monoisotopic (exact) mass is 367 g/mol. The van der Waals surface area contributed by atoms with E-state index in [1.165, 1.54) is 33.0 Å². The zero-order valence-electron chi connectivity index (χ0n) is 16.0. The Morgan fingerprint density at radius 3 is 2.11 bits per heavy atom. The van der Waals surface area contributed by atoms with Gasteiger partial charge in [0.2, 0.25) is 0 Å². The summed E-state index contributed by atoms with van der Waals surface area (Å²) in [6.07, 6.45) is 0. The summed E-state index contributed by atoms with van der Waals surface area (Å²) in [5.74, 6) is 0. The van der Waals surface area contributed by atoms with Gasteiger partial charge in [-0.05, 0) is 39.1 Å². The third kappa shape index (κ3) is 4.86. The predicted molar refractivity (Wildman–Crippen MR) is 116 cm³/mol. The molecule has 0 saturated heterocycles. The summed E-state index contributed by atoms with van der Waals surface area (Å²) >= 11 is 0. The summed E-state index contributed by atoms with van der Waals surface area (Å²) in [7, 11) is 0. The normalized spacial score (nSPS) is 11.0. The molecule has 0 aliphatic carbocycles. The lowest BCUT2D eigenvalue weighted by atomic mass is 10.1. The van der Waals surface area contributed by atoms with Gasteiger partial charge in [0.1, 0.15) is 0 Å². The van der Waals surface area contributed by atoms with E-state index in [0.717, 1.165) is 13.1 Å². The van der Waals surface area contributed by atoms with Crippen LogP contribution in [0, 0.1) is 0 Å². The highest BCUT2D eigenvalue weighted by molar-refractivity contribution is 5.82. The van der Waals surface area contributed by atoms with Crippen LogP contribution in [0.4, 0.5) is 0 Å². The van der Waals surface area contributed by atoms with E-state index in [1.54, 1.807) is 0 Å². The quantitative estimate of drug-likeness (QED) is 0.422. The molecule has 0 fully saturated rings. The fourth-order valence-electron chi connectivity index (χ4n) is 3.41. The molecule has 4 aromatic carbocycles. The summed E-state index contributed by atoms with van der Waals surface area (Å²) in [5, 5.41) is 6.15. The molecule has 0 amide bonds. The van der Waals surface area contributed by atoms with E-state index in [0.29, 0.717) is 13.2 Å². The van der Waals surface area contributed by atoms with Gasteiger partial charge in [-0.3, -0.25) is 0 Å². The lowest BCUT2D eigenvalue weighted by Crippen LogP contribution is -2.14. The highest BCUT2D eigenvalue weighted by atomic mass is 16.5. The van der Waals surface area contributed by atoms with Crippen molar-refractivity contribution < 1.29 is 4.74 Å². The van der Waals surface area contributed by atoms with Crippen LogP contribution in [0.15, 0.2) is 97.1 Å². The van der Waals surface area contributed by atoms with Gasteiger partial charge in [0.15, 0.2) is 0 Å². The van der Waals surface area contributed by atoms with Gasteiger partial charge in [-0.2, -0.15) is 0 Å². The van der Waals surface area contributed by atoms with Gasteiger partial charge in [-0.15, -0.1) is 0 Å². The van der Waals surface area contributed by atoms with Crippen molar-refractivity contribution in [1.29, 1.82) is 0 Å². The zero-order valence-corrected chi connectivity index (χ0v) is 16.0. The molecule has 4 aromatic rings. The molecule has 0 heterocycles. The summed E-state index contributed by atoms with van der Waals surface area (Å²) in [5.41, 5.74) is 5.03. The lowest BCUT2D eigenvalue weighted by Gasteiger charge is -2.12. The minimum atomic E-state index is 0.628. The molecule has 0 aliphatic rings. The average molecular weight is 367 g/mol. The SMILES string of the molecule is c1ccc(COCc2ccccc2CNCc2ccc3ccccc3c2)cc1. The van der Waals surface area contributed by atoms with Crippen molar-refractivity contribution in [3.63, 3.8) is 0 Å². The molecule has 0 aromatic heterocycles. The molecule has 0 unspecified atom stereocenters. The maximum atomic E-state index is 5.93. The van der Waals surface area contributed by atoms with Crippen molar-refractivity contribution in [2.75, 3.05) is 0 Å². The maximum absolute atomic E-state index is 5.93. The van der Waals surface area contributed by atoms with E-state index in [4.69, 9.17) is 4.74 Å². The Morgan fingerprint density at radius 1 is 0.536 bits per heavy atom. The number of fused-ring (bicyclic) bond motifs is 1. The molecule has 0 spiro atoms.